The smallest absolute Gasteiger partial charge is 0.0916 e. The first kappa shape index (κ1) is 9.81. The monoisotopic (exact) mass is 211 g/mol. The molecule has 0 amide bonds. The van der Waals surface area contributed by atoms with Gasteiger partial charge in [0.05, 0.1) is 5.60 Å². The van der Waals surface area contributed by atoms with E-state index in [2.05, 4.69) is 0 Å². The van der Waals surface area contributed by atoms with Gasteiger partial charge < -0.3 is 10.8 Å². The fraction of sp³-hybridized carbons (Fsp3) is 0.455. The van der Waals surface area contributed by atoms with Crippen molar-refractivity contribution in [1.82, 2.24) is 0 Å². The summed E-state index contributed by atoms with van der Waals surface area (Å²) >= 11 is 6.01. The summed E-state index contributed by atoms with van der Waals surface area (Å²) in [5.74, 6) is 0. The van der Waals surface area contributed by atoms with Crippen LogP contribution in [0.2, 0.25) is 5.02 Å². The number of nitrogen functional groups attached to an aromatic ring is 1. The Balaban J connectivity index is 2.48. The number of halogens is 1. The van der Waals surface area contributed by atoms with E-state index in [-0.39, 0.29) is 0 Å². The lowest BCUT2D eigenvalue weighted by Crippen LogP contribution is -2.34. The van der Waals surface area contributed by atoms with E-state index in [9.17, 15) is 5.11 Å². The lowest BCUT2D eigenvalue weighted by Gasteiger charge is -2.38. The molecule has 2 rings (SSSR count). The Morgan fingerprint density at radius 2 is 2.07 bits per heavy atom. The van der Waals surface area contributed by atoms with Crippen LogP contribution < -0.4 is 5.73 Å². The minimum absolute atomic E-state index is 0.647. The molecule has 0 spiro atoms. The van der Waals surface area contributed by atoms with Gasteiger partial charge in [0.15, 0.2) is 0 Å². The third-order valence-electron chi connectivity index (χ3n) is 3.01. The number of aryl methyl sites for hydroxylation is 1. The molecule has 1 aliphatic carbocycles. The number of rotatable bonds is 1. The van der Waals surface area contributed by atoms with E-state index in [4.69, 9.17) is 17.3 Å². The van der Waals surface area contributed by atoms with Gasteiger partial charge in [0.1, 0.15) is 0 Å². The fourth-order valence-electron chi connectivity index (χ4n) is 1.89. The highest BCUT2D eigenvalue weighted by Crippen LogP contribution is 2.44. The number of hydrogen-bond donors (Lipinski definition) is 2. The summed E-state index contributed by atoms with van der Waals surface area (Å²) in [6.45, 7) is 1.91. The number of anilines is 1. The van der Waals surface area contributed by atoms with E-state index < -0.39 is 5.60 Å². The standard InChI is InChI=1S/C11H14ClNO/c1-7-5-10(13)8(6-9(7)12)11(14)3-2-4-11/h5-6,14H,2-4,13H2,1H3. The molecule has 1 fully saturated rings. The topological polar surface area (TPSA) is 46.2 Å². The van der Waals surface area contributed by atoms with Gasteiger partial charge in [-0.1, -0.05) is 11.6 Å². The van der Waals surface area contributed by atoms with Crippen LogP contribution >= 0.6 is 11.6 Å². The lowest BCUT2D eigenvalue weighted by molar-refractivity contribution is -0.0381. The van der Waals surface area contributed by atoms with Crippen LogP contribution in [-0.4, -0.2) is 5.11 Å². The zero-order valence-corrected chi connectivity index (χ0v) is 8.93. The summed E-state index contributed by atoms with van der Waals surface area (Å²) in [4.78, 5) is 0. The Kier molecular flexibility index (Phi) is 2.20. The first-order valence-corrected chi connectivity index (χ1v) is 5.19. The summed E-state index contributed by atoms with van der Waals surface area (Å²) < 4.78 is 0. The van der Waals surface area contributed by atoms with Crippen molar-refractivity contribution in [2.24, 2.45) is 0 Å². The summed E-state index contributed by atoms with van der Waals surface area (Å²) in [5, 5.41) is 10.8. The van der Waals surface area contributed by atoms with Crippen LogP contribution in [0.3, 0.4) is 0 Å². The second kappa shape index (κ2) is 3.14. The van der Waals surface area contributed by atoms with Crippen molar-refractivity contribution >= 4 is 17.3 Å². The Bertz CT molecular complexity index is 372. The highest BCUT2D eigenvalue weighted by molar-refractivity contribution is 6.31. The summed E-state index contributed by atoms with van der Waals surface area (Å²) in [6, 6.07) is 3.62. The molecular weight excluding hydrogens is 198 g/mol. The predicted octanol–water partition coefficient (Wildman–Crippen LogP) is 2.60. The van der Waals surface area contributed by atoms with Gasteiger partial charge >= 0.3 is 0 Å². The molecule has 1 aromatic carbocycles. The molecule has 0 bridgehead atoms. The third-order valence-corrected chi connectivity index (χ3v) is 3.42. The van der Waals surface area contributed by atoms with Crippen molar-refractivity contribution in [3.05, 3.63) is 28.3 Å². The van der Waals surface area contributed by atoms with Gasteiger partial charge in [-0.15, -0.1) is 0 Å². The summed E-state index contributed by atoms with van der Waals surface area (Å²) in [5.41, 5.74) is 7.54. The van der Waals surface area contributed by atoms with E-state index in [1.54, 1.807) is 6.07 Å². The highest BCUT2D eigenvalue weighted by Gasteiger charge is 2.37. The molecule has 76 valence electrons. The lowest BCUT2D eigenvalue weighted by atomic mass is 9.74. The van der Waals surface area contributed by atoms with E-state index in [1.807, 2.05) is 13.0 Å². The van der Waals surface area contributed by atoms with Crippen molar-refractivity contribution in [3.63, 3.8) is 0 Å². The van der Waals surface area contributed by atoms with Crippen LogP contribution in [0.4, 0.5) is 5.69 Å². The van der Waals surface area contributed by atoms with E-state index in [0.29, 0.717) is 10.7 Å². The molecular formula is C11H14ClNO. The largest absolute Gasteiger partial charge is 0.398 e. The predicted molar refractivity (Wildman–Crippen MR) is 58.3 cm³/mol. The molecule has 0 aliphatic heterocycles. The molecule has 0 heterocycles. The van der Waals surface area contributed by atoms with Crippen LogP contribution in [0.25, 0.3) is 0 Å². The average Bonchev–Trinajstić information content (AvgIpc) is 2.07. The number of hydrogen-bond acceptors (Lipinski definition) is 2. The van der Waals surface area contributed by atoms with Crippen LogP contribution in [0.5, 0.6) is 0 Å². The summed E-state index contributed by atoms with van der Waals surface area (Å²) in [7, 11) is 0. The van der Waals surface area contributed by atoms with Gasteiger partial charge in [-0.25, -0.2) is 0 Å². The number of benzene rings is 1. The summed E-state index contributed by atoms with van der Waals surface area (Å²) in [6.07, 6.45) is 2.63. The second-order valence-corrected chi connectivity index (χ2v) is 4.48. The zero-order chi connectivity index (χ0) is 10.3. The first-order chi connectivity index (χ1) is 6.53. The van der Waals surface area contributed by atoms with Crippen LogP contribution in [0.1, 0.15) is 30.4 Å². The molecule has 0 saturated heterocycles. The maximum absolute atomic E-state index is 10.1. The van der Waals surface area contributed by atoms with Crippen molar-refractivity contribution in [2.45, 2.75) is 31.8 Å². The van der Waals surface area contributed by atoms with E-state index in [0.717, 1.165) is 30.4 Å². The Morgan fingerprint density at radius 1 is 1.43 bits per heavy atom. The molecule has 0 unspecified atom stereocenters. The molecule has 1 aromatic rings. The quantitative estimate of drug-likeness (QED) is 0.702. The highest BCUT2D eigenvalue weighted by atomic mass is 35.5. The Hall–Kier alpha value is -0.730. The minimum Gasteiger partial charge on any atom is -0.398 e. The van der Waals surface area contributed by atoms with Gasteiger partial charge in [-0.3, -0.25) is 0 Å². The van der Waals surface area contributed by atoms with Gasteiger partial charge in [-0.2, -0.15) is 0 Å². The maximum atomic E-state index is 10.1. The van der Waals surface area contributed by atoms with Crippen molar-refractivity contribution < 1.29 is 5.11 Å². The zero-order valence-electron chi connectivity index (χ0n) is 8.18. The normalized spacial score (nSPS) is 19.1. The first-order valence-electron chi connectivity index (χ1n) is 4.81. The van der Waals surface area contributed by atoms with Gasteiger partial charge in [-0.05, 0) is 43.9 Å². The van der Waals surface area contributed by atoms with E-state index >= 15 is 0 Å². The Morgan fingerprint density at radius 3 is 2.57 bits per heavy atom. The van der Waals surface area contributed by atoms with Crippen LogP contribution in [0, 0.1) is 6.92 Å². The molecule has 3 N–H and O–H groups in total. The molecule has 1 aliphatic rings. The average molecular weight is 212 g/mol. The van der Waals surface area contributed by atoms with E-state index in [1.165, 1.54) is 0 Å². The molecule has 0 aromatic heterocycles. The fourth-order valence-corrected chi connectivity index (χ4v) is 2.05. The van der Waals surface area contributed by atoms with Gasteiger partial charge in [0, 0.05) is 16.3 Å². The maximum Gasteiger partial charge on any atom is 0.0916 e. The SMILES string of the molecule is Cc1cc(N)c(C2(O)CCC2)cc1Cl. The van der Waals surface area contributed by atoms with Crippen LogP contribution in [0.15, 0.2) is 12.1 Å². The van der Waals surface area contributed by atoms with Gasteiger partial charge in [0.25, 0.3) is 0 Å². The Labute approximate surface area is 88.7 Å². The number of nitrogens with two attached hydrogens (primary N) is 1. The van der Waals surface area contributed by atoms with Crippen molar-refractivity contribution in [3.8, 4) is 0 Å². The molecule has 0 atom stereocenters. The molecule has 3 heteroatoms. The van der Waals surface area contributed by atoms with Gasteiger partial charge in [0.2, 0.25) is 0 Å². The number of aliphatic hydroxyl groups is 1. The molecule has 0 radical (unpaired) electrons. The molecule has 1 saturated carbocycles. The second-order valence-electron chi connectivity index (χ2n) is 4.07. The minimum atomic E-state index is -0.721. The molecule has 14 heavy (non-hydrogen) atoms. The van der Waals surface area contributed by atoms with Crippen LogP contribution in [-0.2, 0) is 5.60 Å². The van der Waals surface area contributed by atoms with Crippen molar-refractivity contribution in [1.29, 1.82) is 0 Å². The van der Waals surface area contributed by atoms with Crippen molar-refractivity contribution in [2.75, 3.05) is 5.73 Å². The molecule has 2 nitrogen and oxygen atoms in total. The third kappa shape index (κ3) is 1.39.